The minimum Gasteiger partial charge on any atom is -0.0804 e. The van der Waals surface area contributed by atoms with Crippen molar-refractivity contribution in [2.45, 2.75) is 104 Å². The molecule has 0 heterocycles. The molecule has 0 radical (unpaired) electrons. The molecule has 0 fully saturated rings. The Morgan fingerprint density at radius 2 is 1.48 bits per heavy atom. The Kier molecular flexibility index (Phi) is 10.0. The van der Waals surface area contributed by atoms with Crippen molar-refractivity contribution in [2.24, 2.45) is 5.92 Å². The summed E-state index contributed by atoms with van der Waals surface area (Å²) >= 11 is 0. The summed E-state index contributed by atoms with van der Waals surface area (Å²) in [4.78, 5) is 0. The number of aryl methyl sites for hydroxylation is 1. The molecule has 0 amide bonds. The molecule has 1 aromatic carbocycles. The quantitative estimate of drug-likeness (QED) is 0.335. The van der Waals surface area contributed by atoms with Crippen molar-refractivity contribution in [2.75, 3.05) is 0 Å². The molecule has 1 aliphatic carbocycles. The van der Waals surface area contributed by atoms with Gasteiger partial charge in [0, 0.05) is 0 Å². The second-order valence-electron chi connectivity index (χ2n) is 8.08. The van der Waals surface area contributed by atoms with Crippen molar-refractivity contribution >= 4 is 5.57 Å². The largest absolute Gasteiger partial charge is 0.0804 e. The molecule has 0 aromatic heterocycles. The highest BCUT2D eigenvalue weighted by atomic mass is 14.2. The lowest BCUT2D eigenvalue weighted by molar-refractivity contribution is 0.423. The lowest BCUT2D eigenvalue weighted by atomic mass is 9.83. The van der Waals surface area contributed by atoms with E-state index < -0.39 is 0 Å². The number of rotatable bonds is 12. The standard InChI is InChI=1S/C25H40/c1-3-5-7-9-11-13-23-16-20-25(21-17-23)24-18-14-22(15-19-24)12-10-8-6-4-2/h14-15,18-20,23H,3-13,16-17,21H2,1-2H3. The zero-order valence-electron chi connectivity index (χ0n) is 16.9. The van der Waals surface area contributed by atoms with Crippen LogP contribution in [-0.4, -0.2) is 0 Å². The first kappa shape index (κ1) is 20.3. The van der Waals surface area contributed by atoms with Crippen LogP contribution < -0.4 is 0 Å². The third-order valence-electron chi connectivity index (χ3n) is 5.88. The molecule has 0 heteroatoms. The van der Waals surface area contributed by atoms with Crippen LogP contribution in [0.5, 0.6) is 0 Å². The molecular formula is C25H40. The van der Waals surface area contributed by atoms with Crippen LogP contribution >= 0.6 is 0 Å². The zero-order chi connectivity index (χ0) is 17.7. The second kappa shape index (κ2) is 12.3. The van der Waals surface area contributed by atoms with Crippen LogP contribution in [0.4, 0.5) is 0 Å². The third kappa shape index (κ3) is 7.80. The Hall–Kier alpha value is -1.04. The van der Waals surface area contributed by atoms with E-state index in [-0.39, 0.29) is 0 Å². The monoisotopic (exact) mass is 340 g/mol. The Balaban J connectivity index is 1.71. The van der Waals surface area contributed by atoms with E-state index >= 15 is 0 Å². The minimum atomic E-state index is 0.947. The fraction of sp³-hybridized carbons (Fsp3) is 0.680. The van der Waals surface area contributed by atoms with Gasteiger partial charge in [-0.15, -0.1) is 0 Å². The fourth-order valence-electron chi connectivity index (χ4n) is 4.09. The maximum Gasteiger partial charge on any atom is -0.0228 e. The molecule has 1 aliphatic rings. The fourth-order valence-corrected chi connectivity index (χ4v) is 4.09. The Bertz CT molecular complexity index is 479. The van der Waals surface area contributed by atoms with E-state index in [4.69, 9.17) is 0 Å². The Morgan fingerprint density at radius 3 is 2.12 bits per heavy atom. The smallest absolute Gasteiger partial charge is 0.0228 e. The van der Waals surface area contributed by atoms with Gasteiger partial charge in [0.15, 0.2) is 0 Å². The molecule has 2 rings (SSSR count). The van der Waals surface area contributed by atoms with E-state index in [1.807, 2.05) is 0 Å². The molecule has 0 aliphatic heterocycles. The van der Waals surface area contributed by atoms with Crippen molar-refractivity contribution in [3.05, 3.63) is 41.5 Å². The summed E-state index contributed by atoms with van der Waals surface area (Å²) in [6.07, 6.45) is 21.8. The van der Waals surface area contributed by atoms with Crippen molar-refractivity contribution in [3.63, 3.8) is 0 Å². The number of unbranched alkanes of at least 4 members (excludes halogenated alkanes) is 7. The van der Waals surface area contributed by atoms with Gasteiger partial charge in [-0.1, -0.05) is 102 Å². The molecule has 0 nitrogen and oxygen atoms in total. The SMILES string of the molecule is CCCCCCCC1CC=C(c2ccc(CCCCCC)cc2)CC1. The first-order valence-corrected chi connectivity index (χ1v) is 11.1. The lowest BCUT2D eigenvalue weighted by Gasteiger charge is -2.22. The molecule has 1 atom stereocenters. The van der Waals surface area contributed by atoms with Gasteiger partial charge in [0.25, 0.3) is 0 Å². The molecule has 0 N–H and O–H groups in total. The van der Waals surface area contributed by atoms with Crippen LogP contribution in [-0.2, 0) is 6.42 Å². The molecule has 0 saturated carbocycles. The minimum absolute atomic E-state index is 0.947. The summed E-state index contributed by atoms with van der Waals surface area (Å²) in [6, 6.07) is 9.46. The highest BCUT2D eigenvalue weighted by Crippen LogP contribution is 2.33. The van der Waals surface area contributed by atoms with Crippen LogP contribution in [0.1, 0.15) is 108 Å². The van der Waals surface area contributed by atoms with Gasteiger partial charge in [-0.3, -0.25) is 0 Å². The van der Waals surface area contributed by atoms with Crippen molar-refractivity contribution in [3.8, 4) is 0 Å². The van der Waals surface area contributed by atoms with E-state index in [0.717, 1.165) is 5.92 Å². The first-order valence-electron chi connectivity index (χ1n) is 11.1. The van der Waals surface area contributed by atoms with Crippen LogP contribution in [0, 0.1) is 5.92 Å². The predicted molar refractivity (Wildman–Crippen MR) is 113 cm³/mol. The lowest BCUT2D eigenvalue weighted by Crippen LogP contribution is -2.05. The molecule has 1 unspecified atom stereocenters. The average Bonchev–Trinajstić information content (AvgIpc) is 2.66. The Morgan fingerprint density at radius 1 is 0.800 bits per heavy atom. The van der Waals surface area contributed by atoms with Crippen molar-refractivity contribution < 1.29 is 0 Å². The summed E-state index contributed by atoms with van der Waals surface area (Å²) in [7, 11) is 0. The van der Waals surface area contributed by atoms with Gasteiger partial charge in [-0.25, -0.2) is 0 Å². The normalized spacial score (nSPS) is 17.5. The summed E-state index contributed by atoms with van der Waals surface area (Å²) in [5.74, 6) is 0.947. The van der Waals surface area contributed by atoms with Crippen LogP contribution in [0.3, 0.4) is 0 Å². The van der Waals surface area contributed by atoms with Gasteiger partial charge in [-0.05, 0) is 54.7 Å². The van der Waals surface area contributed by atoms with Crippen LogP contribution in [0.15, 0.2) is 30.3 Å². The molecule has 1 aromatic rings. The molecule has 25 heavy (non-hydrogen) atoms. The summed E-state index contributed by atoms with van der Waals surface area (Å²) in [5.41, 5.74) is 4.58. The number of allylic oxidation sites excluding steroid dienone is 2. The molecule has 0 saturated heterocycles. The number of hydrogen-bond donors (Lipinski definition) is 0. The predicted octanol–water partition coefficient (Wildman–Crippen LogP) is 8.35. The van der Waals surface area contributed by atoms with E-state index in [0.29, 0.717) is 0 Å². The highest BCUT2D eigenvalue weighted by molar-refractivity contribution is 5.66. The third-order valence-corrected chi connectivity index (χ3v) is 5.88. The first-order chi connectivity index (χ1) is 12.3. The van der Waals surface area contributed by atoms with Crippen LogP contribution in [0.25, 0.3) is 5.57 Å². The van der Waals surface area contributed by atoms with E-state index in [1.165, 1.54) is 101 Å². The summed E-state index contributed by atoms with van der Waals surface area (Å²) in [5, 5.41) is 0. The van der Waals surface area contributed by atoms with Crippen LogP contribution in [0.2, 0.25) is 0 Å². The number of benzene rings is 1. The maximum absolute atomic E-state index is 2.54. The van der Waals surface area contributed by atoms with E-state index in [2.05, 4.69) is 44.2 Å². The topological polar surface area (TPSA) is 0 Å². The number of hydrogen-bond acceptors (Lipinski definition) is 0. The highest BCUT2D eigenvalue weighted by Gasteiger charge is 2.15. The average molecular weight is 341 g/mol. The van der Waals surface area contributed by atoms with Crippen molar-refractivity contribution in [1.29, 1.82) is 0 Å². The van der Waals surface area contributed by atoms with E-state index in [1.54, 1.807) is 5.57 Å². The molecule has 140 valence electrons. The van der Waals surface area contributed by atoms with Gasteiger partial charge < -0.3 is 0 Å². The van der Waals surface area contributed by atoms with Gasteiger partial charge >= 0.3 is 0 Å². The summed E-state index contributed by atoms with van der Waals surface area (Å²) < 4.78 is 0. The zero-order valence-corrected chi connectivity index (χ0v) is 16.9. The molecule has 0 bridgehead atoms. The summed E-state index contributed by atoms with van der Waals surface area (Å²) in [6.45, 7) is 4.58. The van der Waals surface area contributed by atoms with Gasteiger partial charge in [0.2, 0.25) is 0 Å². The molecular weight excluding hydrogens is 300 g/mol. The molecule has 0 spiro atoms. The van der Waals surface area contributed by atoms with Gasteiger partial charge in [0.05, 0.1) is 0 Å². The van der Waals surface area contributed by atoms with E-state index in [9.17, 15) is 0 Å². The van der Waals surface area contributed by atoms with Crippen molar-refractivity contribution in [1.82, 2.24) is 0 Å². The Labute approximate surface area is 157 Å². The maximum atomic E-state index is 2.54. The van der Waals surface area contributed by atoms with Gasteiger partial charge in [-0.2, -0.15) is 0 Å². The second-order valence-corrected chi connectivity index (χ2v) is 8.08. The van der Waals surface area contributed by atoms with Gasteiger partial charge in [0.1, 0.15) is 0 Å².